The first-order valence-electron chi connectivity index (χ1n) is 10.7. The summed E-state index contributed by atoms with van der Waals surface area (Å²) in [5, 5.41) is 17.6. The van der Waals surface area contributed by atoms with Crippen molar-refractivity contribution in [1.29, 1.82) is 0 Å². The van der Waals surface area contributed by atoms with Gasteiger partial charge in [-0.05, 0) is 12.8 Å². The topological polar surface area (TPSA) is 81.1 Å². The highest BCUT2D eigenvalue weighted by Gasteiger charge is 2.83. The SMILES string of the molecule is O=C(O)N(CCCCCCN(CC(F)(F)C(F)(F)C(F)(F)C(F)(F)F)C(=O)O)CC(F)(F)C(F)(F)C(F)(F)C(F)(F)F. The average Bonchev–Trinajstić information content (AvgIpc) is 2.77. The van der Waals surface area contributed by atoms with Crippen molar-refractivity contribution in [3.63, 3.8) is 0 Å². The molecule has 0 saturated heterocycles. The Labute approximate surface area is 221 Å². The van der Waals surface area contributed by atoms with E-state index in [1.54, 1.807) is 0 Å². The van der Waals surface area contributed by atoms with Crippen LogP contribution >= 0.6 is 0 Å². The van der Waals surface area contributed by atoms with Gasteiger partial charge in [0, 0.05) is 13.1 Å². The maximum atomic E-state index is 13.7. The minimum absolute atomic E-state index is 0.489. The van der Waals surface area contributed by atoms with Crippen LogP contribution in [0.2, 0.25) is 0 Å². The third kappa shape index (κ3) is 8.01. The van der Waals surface area contributed by atoms with Crippen LogP contribution in [0.15, 0.2) is 0 Å². The summed E-state index contributed by atoms with van der Waals surface area (Å²) in [6.45, 7) is -8.25. The third-order valence-electron chi connectivity index (χ3n) is 5.35. The molecule has 0 aliphatic carbocycles. The number of hydrogen-bond donors (Lipinski definition) is 2. The lowest BCUT2D eigenvalue weighted by Gasteiger charge is -2.35. The quantitative estimate of drug-likeness (QED) is 0.141. The van der Waals surface area contributed by atoms with Crippen LogP contribution in [0.5, 0.6) is 0 Å². The largest absolute Gasteiger partial charge is 0.465 e. The Kier molecular flexibility index (Phi) is 11.7. The van der Waals surface area contributed by atoms with Crippen molar-refractivity contribution >= 4 is 12.2 Å². The third-order valence-corrected chi connectivity index (χ3v) is 5.35. The van der Waals surface area contributed by atoms with Gasteiger partial charge in [0.15, 0.2) is 0 Å². The summed E-state index contributed by atoms with van der Waals surface area (Å²) >= 11 is 0. The lowest BCUT2D eigenvalue weighted by molar-refractivity contribution is -0.396. The molecule has 0 aromatic carbocycles. The first kappa shape index (κ1) is 39.3. The van der Waals surface area contributed by atoms with E-state index in [2.05, 4.69) is 0 Å². The highest BCUT2D eigenvalue weighted by Crippen LogP contribution is 2.54. The highest BCUT2D eigenvalue weighted by atomic mass is 19.4. The molecule has 0 aliphatic rings. The fourth-order valence-corrected chi connectivity index (χ4v) is 2.94. The van der Waals surface area contributed by atoms with Crippen molar-refractivity contribution in [3.8, 4) is 0 Å². The van der Waals surface area contributed by atoms with E-state index in [0.717, 1.165) is 0 Å². The van der Waals surface area contributed by atoms with Crippen molar-refractivity contribution in [3.05, 3.63) is 0 Å². The number of amides is 2. The summed E-state index contributed by atoms with van der Waals surface area (Å²) in [6, 6.07) is 0. The smallest absolute Gasteiger partial charge is 0.460 e. The molecule has 250 valence electrons. The van der Waals surface area contributed by atoms with Crippen molar-refractivity contribution in [1.82, 2.24) is 9.80 Å². The molecule has 0 fully saturated rings. The van der Waals surface area contributed by atoms with Gasteiger partial charge in [-0.15, -0.1) is 0 Å². The standard InChI is InChI=1S/C18H18F18N2O4/c19-11(20,13(23,24)15(27,28)17(31,32)33)7-37(9(39)40)5-3-1-2-4-6-38(10(41)42)8-12(21,22)14(25,26)16(29,30)18(34,35)36/h1-8H2,(H,39,40)(H,41,42). The van der Waals surface area contributed by atoms with E-state index in [-0.39, 0.29) is 0 Å². The Balaban J connectivity index is 5.25. The van der Waals surface area contributed by atoms with Crippen LogP contribution in [-0.4, -0.2) is 106 Å². The maximum Gasteiger partial charge on any atom is 0.460 e. The molecule has 0 rings (SSSR count). The second-order valence-corrected chi connectivity index (χ2v) is 8.52. The Bertz CT molecular complexity index is 860. The lowest BCUT2D eigenvalue weighted by Crippen LogP contribution is -2.64. The van der Waals surface area contributed by atoms with Gasteiger partial charge in [0.1, 0.15) is 0 Å². The zero-order chi connectivity index (χ0) is 34.0. The van der Waals surface area contributed by atoms with Gasteiger partial charge >= 0.3 is 60.1 Å². The van der Waals surface area contributed by atoms with Gasteiger partial charge in [-0.25, -0.2) is 9.59 Å². The second-order valence-electron chi connectivity index (χ2n) is 8.52. The van der Waals surface area contributed by atoms with Crippen LogP contribution < -0.4 is 0 Å². The summed E-state index contributed by atoms with van der Waals surface area (Å²) in [4.78, 5) is 20.6. The average molecular weight is 668 g/mol. The molecule has 0 unspecified atom stereocenters. The molecule has 0 bridgehead atoms. The molecule has 2 amide bonds. The molecule has 0 radical (unpaired) electrons. The van der Waals surface area contributed by atoms with Gasteiger partial charge in [0.05, 0.1) is 13.1 Å². The minimum Gasteiger partial charge on any atom is -0.465 e. The van der Waals surface area contributed by atoms with Crippen LogP contribution in [0.3, 0.4) is 0 Å². The zero-order valence-corrected chi connectivity index (χ0v) is 20.1. The van der Waals surface area contributed by atoms with Crippen LogP contribution in [0.1, 0.15) is 25.7 Å². The Morgan fingerprint density at radius 2 is 0.667 bits per heavy atom. The van der Waals surface area contributed by atoms with Crippen molar-refractivity contribution in [2.24, 2.45) is 0 Å². The minimum atomic E-state index is -7.30. The van der Waals surface area contributed by atoms with E-state index in [1.165, 1.54) is 0 Å². The second kappa shape index (κ2) is 12.5. The molecule has 0 heterocycles. The molecule has 0 saturated carbocycles. The van der Waals surface area contributed by atoms with Gasteiger partial charge in [-0.1, -0.05) is 12.8 Å². The van der Waals surface area contributed by atoms with E-state index in [4.69, 9.17) is 10.2 Å². The van der Waals surface area contributed by atoms with Crippen molar-refractivity contribution in [2.75, 3.05) is 26.2 Å². The van der Waals surface area contributed by atoms with Gasteiger partial charge in [-0.3, -0.25) is 0 Å². The van der Waals surface area contributed by atoms with E-state index in [9.17, 15) is 88.6 Å². The van der Waals surface area contributed by atoms with E-state index in [1.807, 2.05) is 0 Å². The fourth-order valence-electron chi connectivity index (χ4n) is 2.94. The van der Waals surface area contributed by atoms with Crippen LogP contribution in [0.4, 0.5) is 88.6 Å². The predicted molar refractivity (Wildman–Crippen MR) is 99.5 cm³/mol. The molecule has 6 nitrogen and oxygen atoms in total. The molecular weight excluding hydrogens is 650 g/mol. The summed E-state index contributed by atoms with van der Waals surface area (Å²) < 4.78 is 233. The van der Waals surface area contributed by atoms with E-state index in [0.29, 0.717) is 0 Å². The Morgan fingerprint density at radius 1 is 0.429 bits per heavy atom. The monoisotopic (exact) mass is 668 g/mol. The first-order valence-corrected chi connectivity index (χ1v) is 10.7. The predicted octanol–water partition coefficient (Wildman–Crippen LogP) is 7.44. The van der Waals surface area contributed by atoms with E-state index >= 15 is 0 Å². The van der Waals surface area contributed by atoms with Crippen LogP contribution in [-0.2, 0) is 0 Å². The number of rotatable bonds is 15. The number of carbonyl (C=O) groups is 2. The molecule has 0 aromatic rings. The molecule has 2 N–H and O–H groups in total. The molecule has 0 aliphatic heterocycles. The van der Waals surface area contributed by atoms with Gasteiger partial charge < -0.3 is 20.0 Å². The zero-order valence-electron chi connectivity index (χ0n) is 20.1. The number of carboxylic acid groups (broad SMARTS) is 2. The molecule has 0 atom stereocenters. The number of halogens is 18. The summed E-state index contributed by atoms with van der Waals surface area (Å²) in [5.74, 6) is -41.4. The fraction of sp³-hybridized carbons (Fsp3) is 0.889. The number of alkyl halides is 18. The van der Waals surface area contributed by atoms with Crippen molar-refractivity contribution in [2.45, 2.75) is 73.6 Å². The van der Waals surface area contributed by atoms with Crippen LogP contribution in [0.25, 0.3) is 0 Å². The Morgan fingerprint density at radius 3 is 0.857 bits per heavy atom. The summed E-state index contributed by atoms with van der Waals surface area (Å²) in [6.07, 6.45) is -21.7. The summed E-state index contributed by atoms with van der Waals surface area (Å²) in [7, 11) is 0. The van der Waals surface area contributed by atoms with Crippen LogP contribution in [0, 0.1) is 0 Å². The maximum absolute atomic E-state index is 13.7. The highest BCUT2D eigenvalue weighted by molar-refractivity contribution is 5.65. The number of nitrogens with zero attached hydrogens (tertiary/aromatic N) is 2. The molecular formula is C18H18F18N2O4. The van der Waals surface area contributed by atoms with Crippen molar-refractivity contribution < 1.29 is 98.8 Å². The molecule has 42 heavy (non-hydrogen) atoms. The molecule has 0 aromatic heterocycles. The van der Waals surface area contributed by atoms with Gasteiger partial charge in [0.2, 0.25) is 0 Å². The number of unbranched alkanes of at least 4 members (excludes halogenated alkanes) is 3. The molecule has 0 spiro atoms. The molecule has 24 heteroatoms. The Hall–Kier alpha value is -2.72. The van der Waals surface area contributed by atoms with E-state index < -0.39 is 122 Å². The lowest BCUT2D eigenvalue weighted by atomic mass is 10.0. The van der Waals surface area contributed by atoms with Gasteiger partial charge in [-0.2, -0.15) is 79.0 Å². The first-order chi connectivity index (χ1) is 18.3. The van der Waals surface area contributed by atoms with Gasteiger partial charge in [0.25, 0.3) is 0 Å². The number of hydrogen-bond acceptors (Lipinski definition) is 2. The normalized spacial score (nSPS) is 14.6. The summed E-state index contributed by atoms with van der Waals surface area (Å²) in [5.41, 5.74) is 0.